The number of rotatable bonds is 10. The van der Waals surface area contributed by atoms with E-state index in [0.29, 0.717) is 18.8 Å². The van der Waals surface area contributed by atoms with Gasteiger partial charge < -0.3 is 19.7 Å². The number of carbonyl (C=O) groups is 2. The van der Waals surface area contributed by atoms with E-state index in [2.05, 4.69) is 12.2 Å². The molecule has 1 heterocycles. The molecule has 6 nitrogen and oxygen atoms in total. The Morgan fingerprint density at radius 1 is 1.06 bits per heavy atom. The van der Waals surface area contributed by atoms with Crippen molar-refractivity contribution in [3.8, 4) is 11.5 Å². The largest absolute Gasteiger partial charge is 0.494 e. The van der Waals surface area contributed by atoms with Crippen LogP contribution in [0.3, 0.4) is 0 Å². The summed E-state index contributed by atoms with van der Waals surface area (Å²) in [6, 6.07) is 14.8. The van der Waals surface area contributed by atoms with Gasteiger partial charge in [-0.1, -0.05) is 19.8 Å². The zero-order valence-electron chi connectivity index (χ0n) is 18.6. The van der Waals surface area contributed by atoms with E-state index in [4.69, 9.17) is 9.47 Å². The van der Waals surface area contributed by atoms with Crippen LogP contribution in [-0.2, 0) is 9.59 Å². The molecule has 0 radical (unpaired) electrons. The van der Waals surface area contributed by atoms with Gasteiger partial charge in [0, 0.05) is 24.3 Å². The standard InChI is InChI=1S/C25H32N2O4/c1-4-5-6-15-30-22-11-7-20(8-12-22)26-25(29)19-16-24(28)27(17-19)21-9-13-23(14-10-21)31-18(2)3/h7-14,18-19H,4-6,15-17H2,1-3H3,(H,26,29)/t19-/m1/s1. The van der Waals surface area contributed by atoms with E-state index < -0.39 is 0 Å². The van der Waals surface area contributed by atoms with Gasteiger partial charge in [-0.2, -0.15) is 0 Å². The second-order valence-corrected chi connectivity index (χ2v) is 8.14. The molecule has 2 amide bonds. The highest BCUT2D eigenvalue weighted by Gasteiger charge is 2.35. The van der Waals surface area contributed by atoms with Crippen molar-refractivity contribution in [3.63, 3.8) is 0 Å². The second-order valence-electron chi connectivity index (χ2n) is 8.14. The van der Waals surface area contributed by atoms with Gasteiger partial charge in [0.15, 0.2) is 0 Å². The van der Waals surface area contributed by atoms with Crippen LogP contribution in [0.2, 0.25) is 0 Å². The van der Waals surface area contributed by atoms with Crippen LogP contribution in [0.4, 0.5) is 11.4 Å². The van der Waals surface area contributed by atoms with Gasteiger partial charge in [0.2, 0.25) is 11.8 Å². The van der Waals surface area contributed by atoms with Gasteiger partial charge in [-0.15, -0.1) is 0 Å². The molecule has 0 saturated carbocycles. The predicted molar refractivity (Wildman–Crippen MR) is 123 cm³/mol. The Bertz CT molecular complexity index is 862. The highest BCUT2D eigenvalue weighted by atomic mass is 16.5. The fourth-order valence-electron chi connectivity index (χ4n) is 3.53. The average Bonchev–Trinajstić information content (AvgIpc) is 3.14. The van der Waals surface area contributed by atoms with Crippen molar-refractivity contribution in [2.45, 2.75) is 52.6 Å². The lowest BCUT2D eigenvalue weighted by molar-refractivity contribution is -0.122. The van der Waals surface area contributed by atoms with Crippen LogP contribution in [-0.4, -0.2) is 31.1 Å². The zero-order valence-corrected chi connectivity index (χ0v) is 18.6. The van der Waals surface area contributed by atoms with Gasteiger partial charge >= 0.3 is 0 Å². The molecular formula is C25H32N2O4. The number of nitrogens with zero attached hydrogens (tertiary/aromatic N) is 1. The molecule has 1 aliphatic heterocycles. The maximum Gasteiger partial charge on any atom is 0.229 e. The zero-order chi connectivity index (χ0) is 22.2. The van der Waals surface area contributed by atoms with Crippen molar-refractivity contribution in [1.29, 1.82) is 0 Å². The number of unbranched alkanes of at least 4 members (excludes halogenated alkanes) is 2. The lowest BCUT2D eigenvalue weighted by Crippen LogP contribution is -2.28. The van der Waals surface area contributed by atoms with Crippen LogP contribution in [0.25, 0.3) is 0 Å². The first-order chi connectivity index (χ1) is 15.0. The van der Waals surface area contributed by atoms with E-state index in [1.54, 1.807) is 4.90 Å². The van der Waals surface area contributed by atoms with Crippen molar-refractivity contribution in [3.05, 3.63) is 48.5 Å². The summed E-state index contributed by atoms with van der Waals surface area (Å²) >= 11 is 0. The quantitative estimate of drug-likeness (QED) is 0.543. The third-order valence-electron chi connectivity index (χ3n) is 5.15. The van der Waals surface area contributed by atoms with Gasteiger partial charge in [0.05, 0.1) is 18.6 Å². The van der Waals surface area contributed by atoms with Gasteiger partial charge in [-0.25, -0.2) is 0 Å². The Morgan fingerprint density at radius 3 is 2.39 bits per heavy atom. The molecule has 1 atom stereocenters. The van der Waals surface area contributed by atoms with Crippen LogP contribution in [0.1, 0.15) is 46.5 Å². The summed E-state index contributed by atoms with van der Waals surface area (Å²) in [5.74, 6) is 0.975. The molecule has 1 fully saturated rings. The molecule has 31 heavy (non-hydrogen) atoms. The minimum absolute atomic E-state index is 0.0477. The van der Waals surface area contributed by atoms with Crippen molar-refractivity contribution in [2.24, 2.45) is 5.92 Å². The normalized spacial score (nSPS) is 15.9. The molecule has 0 aliphatic carbocycles. The monoisotopic (exact) mass is 424 g/mol. The fraction of sp³-hybridized carbons (Fsp3) is 0.440. The number of hydrogen-bond donors (Lipinski definition) is 1. The highest BCUT2D eigenvalue weighted by Crippen LogP contribution is 2.28. The number of carbonyl (C=O) groups excluding carboxylic acids is 2. The van der Waals surface area contributed by atoms with E-state index >= 15 is 0 Å². The second kappa shape index (κ2) is 10.8. The number of ether oxygens (including phenoxy) is 2. The van der Waals surface area contributed by atoms with Crippen LogP contribution in [0, 0.1) is 5.92 Å². The third-order valence-corrected chi connectivity index (χ3v) is 5.15. The SMILES string of the molecule is CCCCCOc1ccc(NC(=O)[C@@H]2CC(=O)N(c3ccc(OC(C)C)cc3)C2)cc1. The maximum atomic E-state index is 12.7. The number of anilines is 2. The maximum absolute atomic E-state index is 12.7. The average molecular weight is 425 g/mol. The summed E-state index contributed by atoms with van der Waals surface area (Å²) in [6.07, 6.45) is 3.65. The fourth-order valence-corrected chi connectivity index (χ4v) is 3.53. The summed E-state index contributed by atoms with van der Waals surface area (Å²) in [4.78, 5) is 26.9. The Hall–Kier alpha value is -3.02. The highest BCUT2D eigenvalue weighted by molar-refractivity contribution is 6.03. The summed E-state index contributed by atoms with van der Waals surface area (Å²) in [7, 11) is 0. The molecule has 6 heteroatoms. The first-order valence-corrected chi connectivity index (χ1v) is 11.1. The van der Waals surface area contributed by atoms with Crippen LogP contribution in [0.15, 0.2) is 48.5 Å². The summed E-state index contributed by atoms with van der Waals surface area (Å²) < 4.78 is 11.4. The Balaban J connectivity index is 1.53. The summed E-state index contributed by atoms with van der Waals surface area (Å²) in [5.41, 5.74) is 1.48. The lowest BCUT2D eigenvalue weighted by Gasteiger charge is -2.18. The number of amides is 2. The first kappa shape index (κ1) is 22.7. The van der Waals surface area contributed by atoms with Gasteiger partial charge in [-0.3, -0.25) is 9.59 Å². The van der Waals surface area contributed by atoms with E-state index in [9.17, 15) is 9.59 Å². The van der Waals surface area contributed by atoms with Gasteiger partial charge in [0.25, 0.3) is 0 Å². The molecule has 0 bridgehead atoms. The Kier molecular flexibility index (Phi) is 7.93. The molecule has 166 valence electrons. The summed E-state index contributed by atoms with van der Waals surface area (Å²) in [5, 5.41) is 2.92. The number of benzene rings is 2. The van der Waals surface area contributed by atoms with Crippen molar-refractivity contribution < 1.29 is 19.1 Å². The topological polar surface area (TPSA) is 67.9 Å². The number of nitrogens with one attached hydrogen (secondary N) is 1. The minimum Gasteiger partial charge on any atom is -0.494 e. The van der Waals surface area contributed by atoms with E-state index in [1.165, 1.54) is 0 Å². The van der Waals surface area contributed by atoms with Crippen LogP contribution in [0.5, 0.6) is 11.5 Å². The van der Waals surface area contributed by atoms with E-state index in [0.717, 1.165) is 36.4 Å². The van der Waals surface area contributed by atoms with Crippen molar-refractivity contribution in [1.82, 2.24) is 0 Å². The van der Waals surface area contributed by atoms with Crippen molar-refractivity contribution in [2.75, 3.05) is 23.4 Å². The van der Waals surface area contributed by atoms with Crippen molar-refractivity contribution >= 4 is 23.2 Å². The molecule has 1 N–H and O–H groups in total. The molecule has 2 aromatic rings. The Labute approximate surface area is 184 Å². The summed E-state index contributed by atoms with van der Waals surface area (Å²) in [6.45, 7) is 7.16. The smallest absolute Gasteiger partial charge is 0.229 e. The van der Waals surface area contributed by atoms with Crippen LogP contribution >= 0.6 is 0 Å². The van der Waals surface area contributed by atoms with Gasteiger partial charge in [0.1, 0.15) is 11.5 Å². The first-order valence-electron chi connectivity index (χ1n) is 11.1. The molecule has 1 aliphatic rings. The Morgan fingerprint density at radius 2 is 1.74 bits per heavy atom. The molecule has 0 aromatic heterocycles. The van der Waals surface area contributed by atoms with Gasteiger partial charge in [-0.05, 0) is 68.8 Å². The molecule has 3 rings (SSSR count). The molecule has 0 unspecified atom stereocenters. The number of hydrogen-bond acceptors (Lipinski definition) is 4. The van der Waals surface area contributed by atoms with E-state index in [1.807, 2.05) is 62.4 Å². The third kappa shape index (κ3) is 6.48. The lowest BCUT2D eigenvalue weighted by atomic mass is 10.1. The molecule has 1 saturated heterocycles. The molecular weight excluding hydrogens is 392 g/mol. The molecule has 0 spiro atoms. The molecule has 2 aromatic carbocycles. The van der Waals surface area contributed by atoms with Crippen LogP contribution < -0.4 is 19.7 Å². The predicted octanol–water partition coefficient (Wildman–Crippen LogP) is 5.03. The van der Waals surface area contributed by atoms with E-state index in [-0.39, 0.29) is 30.3 Å². The minimum atomic E-state index is -0.385.